The van der Waals surface area contributed by atoms with Crippen LogP contribution in [0.4, 0.5) is 26.3 Å². The van der Waals surface area contributed by atoms with Gasteiger partial charge >= 0.3 is 12.5 Å². The minimum Gasteiger partial charge on any atom is -0.273 e. The van der Waals surface area contributed by atoms with Crippen LogP contribution in [0.3, 0.4) is 0 Å². The Balaban J connectivity index is 2.94. The molecule has 2 aromatic rings. The molecular weight excluding hydrogens is 555 g/mol. The average molecular weight is 568 g/mol. The van der Waals surface area contributed by atoms with Crippen LogP contribution in [0.1, 0.15) is 30.8 Å². The summed E-state index contributed by atoms with van der Waals surface area (Å²) in [6, 6.07) is 2.12. The Morgan fingerprint density at radius 2 is 1.77 bits per heavy atom. The second kappa shape index (κ2) is 10.2. The molecule has 9 nitrogen and oxygen atoms in total. The zero-order valence-corrected chi connectivity index (χ0v) is 19.8. The number of hydrogen-bond donors (Lipinski definition) is 1. The maximum absolute atomic E-state index is 13.1. The van der Waals surface area contributed by atoms with Crippen LogP contribution in [0.5, 0.6) is 0 Å². The number of carbonyl (C=O) groups excluding carboxylic acids is 1. The first kappa shape index (κ1) is 28.7. The molecule has 2 rings (SSSR count). The first-order valence-corrected chi connectivity index (χ1v) is 11.3. The van der Waals surface area contributed by atoms with Gasteiger partial charge in [0, 0.05) is 6.92 Å². The van der Waals surface area contributed by atoms with E-state index >= 15 is 0 Å². The number of rotatable bonds is 7. The van der Waals surface area contributed by atoms with Gasteiger partial charge < -0.3 is 0 Å². The van der Waals surface area contributed by atoms with Gasteiger partial charge in [0.2, 0.25) is 5.91 Å². The molecule has 1 aromatic heterocycles. The number of halogens is 8. The quantitative estimate of drug-likeness (QED) is 0.305. The highest BCUT2D eigenvalue weighted by Crippen LogP contribution is 2.39. The van der Waals surface area contributed by atoms with Crippen LogP contribution in [0, 0.1) is 11.3 Å². The van der Waals surface area contributed by atoms with Gasteiger partial charge in [0.15, 0.2) is 5.69 Å². The summed E-state index contributed by atoms with van der Waals surface area (Å²) in [7, 11) is -5.56. The molecule has 35 heavy (non-hydrogen) atoms. The number of nitrogens with one attached hydrogen (secondary N) is 1. The number of alkyl halides is 6. The predicted octanol–water partition coefficient (Wildman–Crippen LogP) is 4.17. The van der Waals surface area contributed by atoms with Crippen molar-refractivity contribution in [1.82, 2.24) is 19.6 Å². The third-order valence-electron chi connectivity index (χ3n) is 4.04. The van der Waals surface area contributed by atoms with Gasteiger partial charge in [-0.05, 0) is 19.1 Å². The van der Waals surface area contributed by atoms with Gasteiger partial charge in [-0.2, -0.15) is 36.7 Å². The van der Waals surface area contributed by atoms with Gasteiger partial charge in [-0.25, -0.2) is 18.2 Å². The van der Waals surface area contributed by atoms with E-state index in [1.54, 1.807) is 0 Å². The van der Waals surface area contributed by atoms with Crippen LogP contribution < -0.4 is 4.72 Å². The second-order valence-electron chi connectivity index (χ2n) is 6.51. The van der Waals surface area contributed by atoms with Crippen LogP contribution >= 0.6 is 23.2 Å². The van der Waals surface area contributed by atoms with E-state index in [-0.39, 0.29) is 6.61 Å². The van der Waals surface area contributed by atoms with E-state index in [1.165, 1.54) is 13.0 Å². The minimum absolute atomic E-state index is 0.149. The molecule has 1 N–H and O–H groups in total. The number of nitriles is 1. The standard InChI is InChI=1S/C17H13Cl2F6N5O4S/c1-3-34-29(8(2)31)7-13-15(35(32,33)28-17(23,24)25)12(6-26)27-30(13)14-10(18)4-9(5-11(14)19)16(20,21)22/h4-5,28H,3,7H2,1-2H3. The molecule has 0 saturated heterocycles. The fourth-order valence-electron chi connectivity index (χ4n) is 2.79. The summed E-state index contributed by atoms with van der Waals surface area (Å²) >= 11 is 11.9. The van der Waals surface area contributed by atoms with Crippen molar-refractivity contribution in [2.45, 2.75) is 37.8 Å². The normalized spacial score (nSPS) is 12.5. The van der Waals surface area contributed by atoms with Crippen LogP contribution in [-0.4, -0.2) is 42.1 Å². The van der Waals surface area contributed by atoms with Crippen molar-refractivity contribution >= 4 is 39.1 Å². The van der Waals surface area contributed by atoms with Crippen molar-refractivity contribution in [2.24, 2.45) is 0 Å². The number of amides is 1. The SMILES string of the molecule is CCON(Cc1c(S(=O)(=O)NC(F)(F)F)c(C#N)nn1-c1c(Cl)cc(C(F)(F)F)cc1Cl)C(C)=O. The lowest BCUT2D eigenvalue weighted by molar-refractivity contribution is -0.186. The molecule has 0 saturated carbocycles. The Labute approximate surface area is 203 Å². The van der Waals surface area contributed by atoms with Gasteiger partial charge in [-0.3, -0.25) is 9.63 Å². The molecule has 0 aliphatic carbocycles. The largest absolute Gasteiger partial charge is 0.470 e. The fourth-order valence-corrected chi connectivity index (χ4v) is 4.65. The maximum atomic E-state index is 13.1. The third-order valence-corrected chi connectivity index (χ3v) is 6.09. The van der Waals surface area contributed by atoms with Crippen molar-refractivity contribution in [3.8, 4) is 11.8 Å². The Morgan fingerprint density at radius 1 is 1.23 bits per heavy atom. The first-order valence-electron chi connectivity index (χ1n) is 9.03. The van der Waals surface area contributed by atoms with Gasteiger partial charge in [-0.1, -0.05) is 23.2 Å². The van der Waals surface area contributed by atoms with E-state index in [4.69, 9.17) is 28.0 Å². The van der Waals surface area contributed by atoms with E-state index in [2.05, 4.69) is 5.10 Å². The molecule has 1 amide bonds. The monoisotopic (exact) mass is 567 g/mol. The zero-order valence-electron chi connectivity index (χ0n) is 17.4. The number of hydrogen-bond acceptors (Lipinski definition) is 6. The van der Waals surface area contributed by atoms with E-state index in [1.807, 2.05) is 0 Å². The summed E-state index contributed by atoms with van der Waals surface area (Å²) in [4.78, 5) is 15.6. The van der Waals surface area contributed by atoms with Crippen molar-refractivity contribution in [1.29, 1.82) is 5.26 Å². The Hall–Kier alpha value is -2.58. The fraction of sp³-hybridized carbons (Fsp3) is 0.353. The molecule has 1 heterocycles. The molecule has 192 valence electrons. The molecule has 0 bridgehead atoms. The van der Waals surface area contributed by atoms with Crippen molar-refractivity contribution in [3.05, 3.63) is 39.1 Å². The topological polar surface area (TPSA) is 117 Å². The predicted molar refractivity (Wildman–Crippen MR) is 108 cm³/mol. The van der Waals surface area contributed by atoms with Crippen molar-refractivity contribution in [2.75, 3.05) is 6.61 Å². The van der Waals surface area contributed by atoms with E-state index in [9.17, 15) is 44.8 Å². The summed E-state index contributed by atoms with van der Waals surface area (Å²) in [5, 5.41) is 12.0. The number of aromatic nitrogens is 2. The number of benzene rings is 1. The molecule has 0 radical (unpaired) electrons. The minimum atomic E-state index is -5.56. The van der Waals surface area contributed by atoms with Crippen LogP contribution in [0.2, 0.25) is 10.0 Å². The van der Waals surface area contributed by atoms with Gasteiger partial charge in [0.1, 0.15) is 16.7 Å². The van der Waals surface area contributed by atoms with Crippen molar-refractivity contribution < 1.29 is 44.4 Å². The highest BCUT2D eigenvalue weighted by atomic mass is 35.5. The van der Waals surface area contributed by atoms with Gasteiger partial charge in [0.25, 0.3) is 10.0 Å². The number of carbonyl (C=O) groups is 1. The molecule has 0 aliphatic heterocycles. The molecule has 1 aromatic carbocycles. The summed E-state index contributed by atoms with van der Waals surface area (Å²) < 4.78 is 104. The number of hydroxylamine groups is 2. The molecule has 0 fully saturated rings. The molecule has 0 spiro atoms. The lowest BCUT2D eigenvalue weighted by Crippen LogP contribution is -2.38. The highest BCUT2D eigenvalue weighted by Gasteiger charge is 2.40. The summed E-state index contributed by atoms with van der Waals surface area (Å²) in [6.45, 7) is 1.34. The summed E-state index contributed by atoms with van der Waals surface area (Å²) in [5.41, 5.74) is -3.77. The zero-order chi connectivity index (χ0) is 26.9. The molecule has 0 atom stereocenters. The summed E-state index contributed by atoms with van der Waals surface area (Å²) in [6.07, 6.45) is -10.4. The summed E-state index contributed by atoms with van der Waals surface area (Å²) in [5.74, 6) is -0.838. The van der Waals surface area contributed by atoms with E-state index < -0.39 is 72.5 Å². The second-order valence-corrected chi connectivity index (χ2v) is 8.94. The van der Waals surface area contributed by atoms with Gasteiger partial charge in [-0.15, -0.1) is 4.72 Å². The highest BCUT2D eigenvalue weighted by molar-refractivity contribution is 7.89. The smallest absolute Gasteiger partial charge is 0.273 e. The first-order chi connectivity index (χ1) is 15.9. The third kappa shape index (κ3) is 6.55. The number of sulfonamides is 1. The molecule has 0 aliphatic rings. The average Bonchev–Trinajstić information content (AvgIpc) is 3.03. The van der Waals surface area contributed by atoms with E-state index in [0.29, 0.717) is 26.6 Å². The van der Waals surface area contributed by atoms with Gasteiger partial charge in [0.05, 0.1) is 34.5 Å². The Bertz CT molecular complexity index is 1260. The Morgan fingerprint density at radius 3 is 2.17 bits per heavy atom. The van der Waals surface area contributed by atoms with Crippen LogP contribution in [0.25, 0.3) is 5.69 Å². The Kier molecular flexibility index (Phi) is 8.34. The lowest BCUT2D eigenvalue weighted by Gasteiger charge is -2.22. The maximum Gasteiger partial charge on any atom is 0.470 e. The molecule has 18 heteroatoms. The number of nitrogens with zero attached hydrogens (tertiary/aromatic N) is 4. The van der Waals surface area contributed by atoms with Crippen molar-refractivity contribution in [3.63, 3.8) is 0 Å². The van der Waals surface area contributed by atoms with Crippen LogP contribution in [0.15, 0.2) is 17.0 Å². The van der Waals surface area contributed by atoms with E-state index in [0.717, 1.165) is 6.92 Å². The molecular formula is C17H13Cl2F6N5O4S. The van der Waals surface area contributed by atoms with Crippen LogP contribution in [-0.2, 0) is 32.4 Å². The molecule has 0 unspecified atom stereocenters. The lowest BCUT2D eigenvalue weighted by atomic mass is 10.2.